The Labute approximate surface area is 192 Å². The summed E-state index contributed by atoms with van der Waals surface area (Å²) in [6.07, 6.45) is 3.54. The lowest BCUT2D eigenvalue weighted by molar-refractivity contribution is -0.143. The summed E-state index contributed by atoms with van der Waals surface area (Å²) in [6.45, 7) is 0. The molecule has 2 unspecified atom stereocenters. The van der Waals surface area contributed by atoms with Crippen LogP contribution in [0.2, 0.25) is 0 Å². The van der Waals surface area contributed by atoms with Crippen molar-refractivity contribution in [3.8, 4) is 22.8 Å². The predicted molar refractivity (Wildman–Crippen MR) is 122 cm³/mol. The van der Waals surface area contributed by atoms with E-state index >= 15 is 0 Å². The molecule has 2 heterocycles. The van der Waals surface area contributed by atoms with E-state index in [4.69, 9.17) is 19.2 Å². The van der Waals surface area contributed by atoms with Crippen molar-refractivity contribution in [2.24, 2.45) is 5.92 Å². The van der Waals surface area contributed by atoms with E-state index in [9.17, 15) is 9.18 Å². The molecular weight excluding hydrogens is 421 g/mol. The number of nitrogens with zero attached hydrogens (tertiary/aromatic N) is 1. The standard InChI is InChI=1S/C27H26FNO4/c1-31-20-11-12-22(28)21(15-20)16-3-5-17(6-4-16)24-14-10-19-9-13-23(29-26(19)33-24)25(18-7-8-18)27(30)32-2/h3-6,9,11-13,15,18,24-25H,7-8,10,14H2,1-2H3. The van der Waals surface area contributed by atoms with E-state index in [1.165, 1.54) is 13.2 Å². The maximum absolute atomic E-state index is 14.3. The van der Waals surface area contributed by atoms with Crippen molar-refractivity contribution in [1.82, 2.24) is 4.98 Å². The van der Waals surface area contributed by atoms with E-state index < -0.39 is 0 Å². The van der Waals surface area contributed by atoms with Gasteiger partial charge in [0.05, 0.1) is 19.9 Å². The van der Waals surface area contributed by atoms with E-state index in [1.807, 2.05) is 36.4 Å². The molecule has 0 N–H and O–H groups in total. The van der Waals surface area contributed by atoms with E-state index in [2.05, 4.69) is 0 Å². The SMILES string of the molecule is COC(=O)C(c1ccc2c(n1)OC(c1ccc(-c3cc(OC)ccc3F)cc1)CC2)C1CC1. The summed E-state index contributed by atoms with van der Waals surface area (Å²) < 4.78 is 30.9. The molecule has 0 saturated heterocycles. The van der Waals surface area contributed by atoms with Crippen molar-refractivity contribution in [3.05, 3.63) is 77.2 Å². The number of ether oxygens (including phenoxy) is 3. The van der Waals surface area contributed by atoms with Gasteiger partial charge in [0.25, 0.3) is 0 Å². The fourth-order valence-electron chi connectivity index (χ4n) is 4.51. The van der Waals surface area contributed by atoms with Gasteiger partial charge in [0, 0.05) is 11.1 Å². The molecular formula is C27H26FNO4. The summed E-state index contributed by atoms with van der Waals surface area (Å²) in [4.78, 5) is 17.1. The second kappa shape index (κ2) is 8.85. The van der Waals surface area contributed by atoms with E-state index in [-0.39, 0.29) is 23.8 Å². The van der Waals surface area contributed by atoms with Gasteiger partial charge >= 0.3 is 5.97 Å². The second-order valence-electron chi connectivity index (χ2n) is 8.65. The van der Waals surface area contributed by atoms with Gasteiger partial charge in [-0.2, -0.15) is 0 Å². The summed E-state index contributed by atoms with van der Waals surface area (Å²) in [7, 11) is 2.99. The highest BCUT2D eigenvalue weighted by Crippen LogP contribution is 2.44. The molecule has 0 bridgehead atoms. The number of hydrogen-bond acceptors (Lipinski definition) is 5. The van der Waals surface area contributed by atoms with Gasteiger partial charge in [-0.1, -0.05) is 30.3 Å². The van der Waals surface area contributed by atoms with E-state index in [1.54, 1.807) is 19.2 Å². The first-order chi connectivity index (χ1) is 16.1. The van der Waals surface area contributed by atoms with Crippen molar-refractivity contribution < 1.29 is 23.4 Å². The summed E-state index contributed by atoms with van der Waals surface area (Å²) in [5.74, 6) is 0.632. The van der Waals surface area contributed by atoms with Crippen molar-refractivity contribution in [2.45, 2.75) is 37.7 Å². The molecule has 2 atom stereocenters. The molecule has 3 aromatic rings. The van der Waals surface area contributed by atoms with Crippen LogP contribution < -0.4 is 9.47 Å². The Morgan fingerprint density at radius 3 is 2.55 bits per heavy atom. The summed E-state index contributed by atoms with van der Waals surface area (Å²) in [5.41, 5.74) is 4.04. The molecule has 170 valence electrons. The van der Waals surface area contributed by atoms with Gasteiger partial charge in [-0.05, 0) is 67.0 Å². The number of fused-ring (bicyclic) bond motifs is 1. The molecule has 0 spiro atoms. The Morgan fingerprint density at radius 1 is 1.06 bits per heavy atom. The van der Waals surface area contributed by atoms with Crippen molar-refractivity contribution in [3.63, 3.8) is 0 Å². The van der Waals surface area contributed by atoms with Crippen molar-refractivity contribution in [1.29, 1.82) is 0 Å². The topological polar surface area (TPSA) is 57.7 Å². The van der Waals surface area contributed by atoms with Crippen LogP contribution in [0, 0.1) is 11.7 Å². The number of pyridine rings is 1. The normalized spacial score (nSPS) is 18.1. The third-order valence-corrected chi connectivity index (χ3v) is 6.52. The van der Waals surface area contributed by atoms with Gasteiger partial charge in [0.15, 0.2) is 0 Å². The van der Waals surface area contributed by atoms with Crippen LogP contribution in [0.4, 0.5) is 4.39 Å². The maximum Gasteiger partial charge on any atom is 0.315 e. The van der Waals surface area contributed by atoms with Crippen LogP contribution >= 0.6 is 0 Å². The predicted octanol–water partition coefficient (Wildman–Crippen LogP) is 5.63. The largest absolute Gasteiger partial charge is 0.497 e. The Balaban J connectivity index is 1.37. The molecule has 6 heteroatoms. The van der Waals surface area contributed by atoms with Crippen LogP contribution in [0.5, 0.6) is 11.6 Å². The Morgan fingerprint density at radius 2 is 1.85 bits per heavy atom. The van der Waals surface area contributed by atoms with Gasteiger partial charge in [-0.3, -0.25) is 4.79 Å². The number of rotatable bonds is 6. The number of carbonyl (C=O) groups excluding carboxylic acids is 1. The zero-order valence-corrected chi connectivity index (χ0v) is 18.7. The summed E-state index contributed by atoms with van der Waals surface area (Å²) >= 11 is 0. The van der Waals surface area contributed by atoms with Gasteiger partial charge in [-0.25, -0.2) is 9.37 Å². The third kappa shape index (κ3) is 4.30. The Hall–Kier alpha value is -3.41. The van der Waals surface area contributed by atoms with E-state index in [0.29, 0.717) is 28.8 Å². The van der Waals surface area contributed by atoms with Crippen LogP contribution in [-0.4, -0.2) is 25.2 Å². The number of aromatic nitrogens is 1. The first kappa shape index (κ1) is 21.4. The molecule has 5 rings (SSSR count). The van der Waals surface area contributed by atoms with Crippen LogP contribution in [0.15, 0.2) is 54.6 Å². The van der Waals surface area contributed by atoms with Crippen molar-refractivity contribution >= 4 is 5.97 Å². The average molecular weight is 448 g/mol. The van der Waals surface area contributed by atoms with Crippen LogP contribution in [0.1, 0.15) is 48.1 Å². The first-order valence-corrected chi connectivity index (χ1v) is 11.3. The lowest BCUT2D eigenvalue weighted by Gasteiger charge is -2.26. The monoisotopic (exact) mass is 447 g/mol. The maximum atomic E-state index is 14.3. The molecule has 0 amide bonds. The fraction of sp³-hybridized carbons (Fsp3) is 0.333. The molecule has 5 nitrogen and oxygen atoms in total. The number of hydrogen-bond donors (Lipinski definition) is 0. The highest BCUT2D eigenvalue weighted by Gasteiger charge is 2.39. The second-order valence-corrected chi connectivity index (χ2v) is 8.65. The lowest BCUT2D eigenvalue weighted by atomic mass is 9.95. The van der Waals surface area contributed by atoms with Gasteiger partial charge in [-0.15, -0.1) is 0 Å². The number of esters is 1. The quantitative estimate of drug-likeness (QED) is 0.459. The minimum absolute atomic E-state index is 0.151. The summed E-state index contributed by atoms with van der Waals surface area (Å²) in [6, 6.07) is 16.4. The minimum atomic E-state index is -0.332. The van der Waals surface area contributed by atoms with Gasteiger partial charge in [0.2, 0.25) is 5.88 Å². The molecule has 1 fully saturated rings. The molecule has 2 aliphatic rings. The molecule has 2 aromatic carbocycles. The highest BCUT2D eigenvalue weighted by molar-refractivity contribution is 5.78. The molecule has 1 saturated carbocycles. The summed E-state index contributed by atoms with van der Waals surface area (Å²) in [5, 5.41) is 0. The number of halogens is 1. The minimum Gasteiger partial charge on any atom is -0.497 e. The molecule has 1 aromatic heterocycles. The molecule has 1 aliphatic carbocycles. The number of carbonyl (C=O) groups is 1. The first-order valence-electron chi connectivity index (χ1n) is 11.3. The lowest BCUT2D eigenvalue weighted by Crippen LogP contribution is -2.20. The van der Waals surface area contributed by atoms with Gasteiger partial charge < -0.3 is 14.2 Å². The Kier molecular flexibility index (Phi) is 5.75. The van der Waals surface area contributed by atoms with Crippen LogP contribution in [0.25, 0.3) is 11.1 Å². The Bertz CT molecular complexity index is 1170. The third-order valence-electron chi connectivity index (χ3n) is 6.52. The zero-order valence-electron chi connectivity index (χ0n) is 18.7. The van der Waals surface area contributed by atoms with Crippen LogP contribution in [-0.2, 0) is 16.0 Å². The average Bonchev–Trinajstić information content (AvgIpc) is 3.69. The molecule has 1 aliphatic heterocycles. The van der Waals surface area contributed by atoms with E-state index in [0.717, 1.165) is 42.4 Å². The molecule has 0 radical (unpaired) electrons. The van der Waals surface area contributed by atoms with Crippen molar-refractivity contribution in [2.75, 3.05) is 14.2 Å². The molecule has 33 heavy (non-hydrogen) atoms. The fourth-order valence-corrected chi connectivity index (χ4v) is 4.51. The smallest absolute Gasteiger partial charge is 0.315 e. The highest BCUT2D eigenvalue weighted by atomic mass is 19.1. The zero-order chi connectivity index (χ0) is 22.9. The van der Waals surface area contributed by atoms with Gasteiger partial charge in [0.1, 0.15) is 23.6 Å². The number of aryl methyl sites for hydroxylation is 1. The number of methoxy groups -OCH3 is 2. The number of benzene rings is 2. The van der Waals surface area contributed by atoms with Crippen LogP contribution in [0.3, 0.4) is 0 Å².